The van der Waals surface area contributed by atoms with Gasteiger partial charge in [0.25, 0.3) is 0 Å². The molecule has 0 aliphatic heterocycles. The van der Waals surface area contributed by atoms with Crippen LogP contribution in [0.25, 0.3) is 11.4 Å². The Morgan fingerprint density at radius 2 is 2.18 bits per heavy atom. The molecule has 0 saturated heterocycles. The van der Waals surface area contributed by atoms with Gasteiger partial charge in [0, 0.05) is 0 Å². The predicted octanol–water partition coefficient (Wildman–Crippen LogP) is 3.12. The lowest BCUT2D eigenvalue weighted by molar-refractivity contribution is 0.622. The van der Waals surface area contributed by atoms with E-state index in [0.717, 1.165) is 11.8 Å². The van der Waals surface area contributed by atoms with Gasteiger partial charge in [-0.2, -0.15) is 5.26 Å². The van der Waals surface area contributed by atoms with Gasteiger partial charge < -0.3 is 0 Å². The predicted molar refractivity (Wildman–Crippen MR) is 61.9 cm³/mol. The summed E-state index contributed by atoms with van der Waals surface area (Å²) in [5.41, 5.74) is 2.16. The molecule has 2 aromatic rings. The number of hydrogen-bond donors (Lipinski definition) is 0. The molecule has 0 aromatic carbocycles. The van der Waals surface area contributed by atoms with Gasteiger partial charge in [-0.3, -0.25) is 4.98 Å². The van der Waals surface area contributed by atoms with Crippen molar-refractivity contribution in [2.24, 2.45) is 0 Å². The van der Waals surface area contributed by atoms with Gasteiger partial charge in [-0.25, -0.2) is 9.37 Å². The molecule has 0 spiro atoms. The van der Waals surface area contributed by atoms with Gasteiger partial charge in [-0.05, 0) is 30.7 Å². The summed E-state index contributed by atoms with van der Waals surface area (Å²) in [6.45, 7) is 1.80. The lowest BCUT2D eigenvalue weighted by Gasteiger charge is -2.05. The minimum absolute atomic E-state index is 0.124. The third-order valence-corrected chi connectivity index (χ3v) is 2.55. The van der Waals surface area contributed by atoms with Crippen LogP contribution in [-0.4, -0.2) is 9.97 Å². The molecular weight excluding hydrogens is 241 g/mol. The maximum Gasteiger partial charge on any atom is 0.147 e. The van der Waals surface area contributed by atoms with Crippen LogP contribution in [0, 0.1) is 24.1 Å². The minimum atomic E-state index is -0.411. The number of nitriles is 1. The maximum atomic E-state index is 12.7. The fraction of sp³-hybridized carbons (Fsp3) is 0.0833. The lowest BCUT2D eigenvalue weighted by Crippen LogP contribution is -1.94. The third kappa shape index (κ3) is 2.24. The smallest absolute Gasteiger partial charge is 0.147 e. The summed E-state index contributed by atoms with van der Waals surface area (Å²) in [4.78, 5) is 8.03. The molecule has 0 unspecified atom stereocenters. The molecule has 0 bridgehead atoms. The Balaban J connectivity index is 2.57. The Kier molecular flexibility index (Phi) is 3.03. The molecule has 0 aliphatic carbocycles. The second-order valence-electron chi connectivity index (χ2n) is 3.47. The molecule has 0 aliphatic rings. The summed E-state index contributed by atoms with van der Waals surface area (Å²) in [5, 5.41) is 8.93. The summed E-state index contributed by atoms with van der Waals surface area (Å²) in [6.07, 6.45) is 1.11. The van der Waals surface area contributed by atoms with Crippen LogP contribution in [0.4, 0.5) is 4.39 Å². The molecule has 2 aromatic heterocycles. The number of pyridine rings is 2. The van der Waals surface area contributed by atoms with Gasteiger partial charge in [0.2, 0.25) is 0 Å². The Labute approximate surface area is 103 Å². The van der Waals surface area contributed by atoms with Crippen LogP contribution >= 0.6 is 11.6 Å². The molecule has 0 fully saturated rings. The van der Waals surface area contributed by atoms with Crippen molar-refractivity contribution in [2.75, 3.05) is 0 Å². The molecule has 2 rings (SSSR count). The summed E-state index contributed by atoms with van der Waals surface area (Å²) in [5.74, 6) is -0.411. The lowest BCUT2D eigenvalue weighted by atomic mass is 10.1. The van der Waals surface area contributed by atoms with Crippen LogP contribution < -0.4 is 0 Å². The highest BCUT2D eigenvalue weighted by atomic mass is 35.5. The van der Waals surface area contributed by atoms with Crippen molar-refractivity contribution in [2.45, 2.75) is 6.92 Å². The highest BCUT2D eigenvalue weighted by molar-refractivity contribution is 6.30. The standard InChI is InChI=1S/C12H7ClFN3/c1-7-4-8(5-15)12(13)17-11(7)10-3-2-9(14)6-16-10/h2-4,6H,1H3. The molecule has 2 heterocycles. The van der Waals surface area contributed by atoms with Crippen LogP contribution in [0.5, 0.6) is 0 Å². The molecule has 0 amide bonds. The van der Waals surface area contributed by atoms with E-state index >= 15 is 0 Å². The van der Waals surface area contributed by atoms with Crippen LogP contribution in [0.15, 0.2) is 24.4 Å². The van der Waals surface area contributed by atoms with E-state index < -0.39 is 5.82 Å². The third-order valence-electron chi connectivity index (χ3n) is 2.26. The number of hydrogen-bond acceptors (Lipinski definition) is 3. The second-order valence-corrected chi connectivity index (χ2v) is 3.82. The Morgan fingerprint density at radius 1 is 1.41 bits per heavy atom. The van der Waals surface area contributed by atoms with Crippen LogP contribution in [-0.2, 0) is 0 Å². The van der Waals surface area contributed by atoms with E-state index in [1.807, 2.05) is 6.07 Å². The van der Waals surface area contributed by atoms with E-state index in [0.29, 0.717) is 17.0 Å². The zero-order chi connectivity index (χ0) is 12.4. The van der Waals surface area contributed by atoms with E-state index in [2.05, 4.69) is 9.97 Å². The van der Waals surface area contributed by atoms with E-state index in [1.165, 1.54) is 12.1 Å². The van der Waals surface area contributed by atoms with Crippen molar-refractivity contribution in [3.63, 3.8) is 0 Å². The van der Waals surface area contributed by atoms with Crippen molar-refractivity contribution in [1.29, 1.82) is 5.26 Å². The Bertz CT molecular complexity index is 602. The molecule has 84 valence electrons. The molecule has 5 heteroatoms. The maximum absolute atomic E-state index is 12.7. The molecule has 0 radical (unpaired) electrons. The van der Waals surface area contributed by atoms with Crippen molar-refractivity contribution >= 4 is 11.6 Å². The van der Waals surface area contributed by atoms with E-state index in [9.17, 15) is 4.39 Å². The fourth-order valence-corrected chi connectivity index (χ4v) is 1.63. The zero-order valence-electron chi connectivity index (χ0n) is 8.91. The molecule has 0 N–H and O–H groups in total. The molecule has 0 atom stereocenters. The Hall–Kier alpha value is -1.99. The summed E-state index contributed by atoms with van der Waals surface area (Å²) in [6, 6.07) is 6.41. The van der Waals surface area contributed by atoms with Gasteiger partial charge in [-0.15, -0.1) is 0 Å². The summed E-state index contributed by atoms with van der Waals surface area (Å²) >= 11 is 5.85. The summed E-state index contributed by atoms with van der Waals surface area (Å²) < 4.78 is 12.7. The molecule has 3 nitrogen and oxygen atoms in total. The number of aryl methyl sites for hydroxylation is 1. The first kappa shape index (κ1) is 11.5. The fourth-order valence-electron chi connectivity index (χ4n) is 1.44. The summed E-state index contributed by atoms with van der Waals surface area (Å²) in [7, 11) is 0. The molecule has 17 heavy (non-hydrogen) atoms. The SMILES string of the molecule is Cc1cc(C#N)c(Cl)nc1-c1ccc(F)cn1. The van der Waals surface area contributed by atoms with Crippen LogP contribution in [0.3, 0.4) is 0 Å². The normalized spacial score (nSPS) is 10.0. The van der Waals surface area contributed by atoms with Gasteiger partial charge in [0.05, 0.1) is 23.1 Å². The first-order valence-electron chi connectivity index (χ1n) is 4.81. The van der Waals surface area contributed by atoms with Gasteiger partial charge in [-0.1, -0.05) is 11.6 Å². The number of nitrogens with zero attached hydrogens (tertiary/aromatic N) is 3. The van der Waals surface area contributed by atoms with E-state index in [1.54, 1.807) is 13.0 Å². The average molecular weight is 248 g/mol. The van der Waals surface area contributed by atoms with Crippen molar-refractivity contribution in [1.82, 2.24) is 9.97 Å². The van der Waals surface area contributed by atoms with E-state index in [-0.39, 0.29) is 5.15 Å². The van der Waals surface area contributed by atoms with Gasteiger partial charge in [0.15, 0.2) is 0 Å². The first-order chi connectivity index (χ1) is 8.11. The Morgan fingerprint density at radius 3 is 2.76 bits per heavy atom. The van der Waals surface area contributed by atoms with Gasteiger partial charge >= 0.3 is 0 Å². The van der Waals surface area contributed by atoms with Crippen LogP contribution in [0.2, 0.25) is 5.15 Å². The zero-order valence-corrected chi connectivity index (χ0v) is 9.66. The number of aromatic nitrogens is 2. The monoisotopic (exact) mass is 247 g/mol. The van der Waals surface area contributed by atoms with Crippen LogP contribution in [0.1, 0.15) is 11.1 Å². The quantitative estimate of drug-likeness (QED) is 0.728. The van der Waals surface area contributed by atoms with Crippen molar-refractivity contribution in [3.05, 3.63) is 46.5 Å². The largest absolute Gasteiger partial charge is 0.252 e. The number of rotatable bonds is 1. The molecule has 0 saturated carbocycles. The van der Waals surface area contributed by atoms with Gasteiger partial charge in [0.1, 0.15) is 17.0 Å². The minimum Gasteiger partial charge on any atom is -0.252 e. The van der Waals surface area contributed by atoms with Crippen molar-refractivity contribution in [3.8, 4) is 17.5 Å². The number of halogens is 2. The molecular formula is C12H7ClFN3. The highest BCUT2D eigenvalue weighted by Gasteiger charge is 2.10. The van der Waals surface area contributed by atoms with E-state index in [4.69, 9.17) is 16.9 Å². The topological polar surface area (TPSA) is 49.6 Å². The highest BCUT2D eigenvalue weighted by Crippen LogP contribution is 2.24. The van der Waals surface area contributed by atoms with Crippen molar-refractivity contribution < 1.29 is 4.39 Å². The second kappa shape index (κ2) is 4.48. The average Bonchev–Trinajstić information content (AvgIpc) is 2.33. The first-order valence-corrected chi connectivity index (χ1v) is 5.19.